The lowest BCUT2D eigenvalue weighted by molar-refractivity contribution is 0.140. The number of piperazine rings is 1. The Bertz CT molecular complexity index is 1550. The minimum absolute atomic E-state index is 0.130. The monoisotopic (exact) mass is 641 g/mol. The van der Waals surface area contributed by atoms with Crippen LogP contribution in [0.2, 0.25) is 18.1 Å². The molecule has 3 aromatic rings. The van der Waals surface area contributed by atoms with Gasteiger partial charge in [-0.15, -0.1) is 0 Å². The topological polar surface area (TPSA) is 89.8 Å². The van der Waals surface area contributed by atoms with Crippen molar-refractivity contribution in [1.29, 1.82) is 5.26 Å². The summed E-state index contributed by atoms with van der Waals surface area (Å²) in [5, 5.41) is 15.6. The van der Waals surface area contributed by atoms with E-state index in [1.165, 1.54) is 28.4 Å². The molecule has 1 aromatic heterocycles. The van der Waals surface area contributed by atoms with Crippen LogP contribution in [0.25, 0.3) is 10.8 Å². The molecule has 1 N–H and O–H groups in total. The number of nitriles is 1. The molecule has 2 fully saturated rings. The first-order chi connectivity index (χ1) is 22.1. The normalized spacial score (nSPS) is 21.0. The summed E-state index contributed by atoms with van der Waals surface area (Å²) >= 11 is 0. The number of fused-ring (bicyclic) bond motifs is 2. The molecule has 2 aromatic carbocycles. The van der Waals surface area contributed by atoms with Crippen molar-refractivity contribution in [2.24, 2.45) is 0 Å². The van der Waals surface area contributed by atoms with Gasteiger partial charge in [0.05, 0.1) is 24.7 Å². The number of anilines is 2. The zero-order valence-electron chi connectivity index (χ0n) is 28.4. The fourth-order valence-electron chi connectivity index (χ4n) is 6.85. The van der Waals surface area contributed by atoms with Gasteiger partial charge in [-0.05, 0) is 55.4 Å². The molecule has 4 heterocycles. The van der Waals surface area contributed by atoms with E-state index in [2.05, 4.69) is 102 Å². The number of aromatic nitrogens is 2. The molecular formula is C36H51N7O2Si. The summed E-state index contributed by atoms with van der Waals surface area (Å²) in [6, 6.07) is 18.4. The molecule has 2 atom stereocenters. The molecular weight excluding hydrogens is 591 g/mol. The van der Waals surface area contributed by atoms with E-state index in [4.69, 9.17) is 19.1 Å². The number of nitrogens with one attached hydrogen (secondary N) is 1. The highest BCUT2D eigenvalue weighted by atomic mass is 28.4. The average molecular weight is 642 g/mol. The van der Waals surface area contributed by atoms with Gasteiger partial charge in [0.25, 0.3) is 0 Å². The van der Waals surface area contributed by atoms with E-state index in [-0.39, 0.29) is 11.1 Å². The molecule has 0 unspecified atom stereocenters. The summed E-state index contributed by atoms with van der Waals surface area (Å²) in [6.45, 7) is 18.9. The van der Waals surface area contributed by atoms with Crippen molar-refractivity contribution in [3.63, 3.8) is 0 Å². The third-order valence-electron chi connectivity index (χ3n) is 10.6. The van der Waals surface area contributed by atoms with Gasteiger partial charge in [-0.2, -0.15) is 15.2 Å². The van der Waals surface area contributed by atoms with E-state index >= 15 is 0 Å². The summed E-state index contributed by atoms with van der Waals surface area (Å²) in [4.78, 5) is 17.5. The molecule has 3 aliphatic heterocycles. The number of likely N-dealkylation sites (tertiary alicyclic amines) is 1. The number of hydrogen-bond donors (Lipinski definition) is 1. The molecule has 2 saturated heterocycles. The predicted molar refractivity (Wildman–Crippen MR) is 188 cm³/mol. The van der Waals surface area contributed by atoms with Crippen molar-refractivity contribution in [2.75, 3.05) is 62.3 Å². The Labute approximate surface area is 276 Å². The molecule has 246 valence electrons. The number of benzene rings is 2. The zero-order valence-corrected chi connectivity index (χ0v) is 29.4. The second kappa shape index (κ2) is 13.9. The predicted octanol–water partition coefficient (Wildman–Crippen LogP) is 5.75. The molecule has 46 heavy (non-hydrogen) atoms. The Morgan fingerprint density at radius 1 is 1.04 bits per heavy atom. The van der Waals surface area contributed by atoms with Crippen molar-refractivity contribution < 1.29 is 9.16 Å². The fraction of sp³-hybridized carbons (Fsp3) is 0.583. The van der Waals surface area contributed by atoms with Crippen molar-refractivity contribution >= 4 is 30.6 Å². The Hall–Kier alpha value is -3.23. The highest BCUT2D eigenvalue weighted by Crippen LogP contribution is 2.37. The fourth-order valence-corrected chi connectivity index (χ4v) is 7.89. The van der Waals surface area contributed by atoms with Crippen LogP contribution in [0.15, 0.2) is 42.5 Å². The van der Waals surface area contributed by atoms with E-state index in [1.54, 1.807) is 0 Å². The van der Waals surface area contributed by atoms with E-state index in [1.807, 2.05) is 0 Å². The van der Waals surface area contributed by atoms with Crippen LogP contribution >= 0.6 is 0 Å². The molecule has 0 saturated carbocycles. The van der Waals surface area contributed by atoms with E-state index in [9.17, 15) is 5.26 Å². The number of ether oxygens (including phenoxy) is 1. The quantitative estimate of drug-likeness (QED) is 0.278. The van der Waals surface area contributed by atoms with Gasteiger partial charge in [-0.25, -0.2) is 0 Å². The maximum Gasteiger partial charge on any atom is 0.318 e. The summed E-state index contributed by atoms with van der Waals surface area (Å²) in [6.07, 6.45) is 3.64. The lowest BCUT2D eigenvalue weighted by Crippen LogP contribution is -2.51. The maximum absolute atomic E-state index is 9.38. The van der Waals surface area contributed by atoms with Gasteiger partial charge in [-0.1, -0.05) is 57.2 Å². The van der Waals surface area contributed by atoms with E-state index < -0.39 is 8.32 Å². The Morgan fingerprint density at radius 3 is 2.70 bits per heavy atom. The van der Waals surface area contributed by atoms with Gasteiger partial charge in [-0.3, -0.25) is 4.90 Å². The summed E-state index contributed by atoms with van der Waals surface area (Å²) in [7, 11) is -1.77. The molecule has 0 spiro atoms. The van der Waals surface area contributed by atoms with Crippen LogP contribution in [0.4, 0.5) is 11.5 Å². The van der Waals surface area contributed by atoms with Crippen LogP contribution < -0.4 is 19.9 Å². The molecule has 0 bridgehead atoms. The molecule has 3 aliphatic rings. The highest BCUT2D eigenvalue weighted by Gasteiger charge is 2.37. The van der Waals surface area contributed by atoms with Crippen LogP contribution in [0.5, 0.6) is 6.01 Å². The standard InChI is InChI=1S/C36H51N7O2Si/c1-36(2,3)46(4,5)45-23-22-41-19-9-12-29(41)26-44-35-39-32-25-42(33-14-8-11-27-10-6-7-13-30(27)33)20-16-31(32)34(40-35)43-21-18-38-28(24-43)15-17-37/h6-8,10-11,13-14,28-29,38H,9,12,15-16,18-26H2,1-5H3/t28-,29-/m0/s1. The van der Waals surface area contributed by atoms with Crippen LogP contribution in [-0.4, -0.2) is 87.8 Å². The van der Waals surface area contributed by atoms with Gasteiger partial charge < -0.3 is 24.3 Å². The van der Waals surface area contributed by atoms with Crippen LogP contribution in [0.3, 0.4) is 0 Å². The number of rotatable bonds is 10. The third-order valence-corrected chi connectivity index (χ3v) is 15.1. The van der Waals surface area contributed by atoms with Gasteiger partial charge in [0, 0.05) is 68.1 Å². The molecule has 0 amide bonds. The lowest BCUT2D eigenvalue weighted by atomic mass is 10.0. The van der Waals surface area contributed by atoms with Gasteiger partial charge >= 0.3 is 6.01 Å². The minimum Gasteiger partial charge on any atom is -0.462 e. The third kappa shape index (κ3) is 7.18. The van der Waals surface area contributed by atoms with Gasteiger partial charge in [0.1, 0.15) is 12.4 Å². The first-order valence-electron chi connectivity index (χ1n) is 17.1. The molecule has 10 heteroatoms. The maximum atomic E-state index is 9.38. The Kier molecular flexibility index (Phi) is 9.85. The van der Waals surface area contributed by atoms with E-state index in [0.717, 1.165) is 70.2 Å². The summed E-state index contributed by atoms with van der Waals surface area (Å²) in [5.41, 5.74) is 3.50. The molecule has 9 nitrogen and oxygen atoms in total. The highest BCUT2D eigenvalue weighted by molar-refractivity contribution is 6.74. The van der Waals surface area contributed by atoms with Crippen molar-refractivity contribution in [2.45, 2.75) is 83.2 Å². The largest absolute Gasteiger partial charge is 0.462 e. The van der Waals surface area contributed by atoms with Crippen LogP contribution in [0.1, 0.15) is 51.3 Å². The first kappa shape index (κ1) is 32.7. The summed E-state index contributed by atoms with van der Waals surface area (Å²) < 4.78 is 13.0. The number of hydrogen-bond acceptors (Lipinski definition) is 9. The van der Waals surface area contributed by atoms with Crippen molar-refractivity contribution in [3.05, 3.63) is 53.7 Å². The minimum atomic E-state index is -1.77. The van der Waals surface area contributed by atoms with Crippen molar-refractivity contribution in [3.8, 4) is 12.1 Å². The van der Waals surface area contributed by atoms with Crippen LogP contribution in [0, 0.1) is 11.3 Å². The second-order valence-electron chi connectivity index (χ2n) is 14.6. The number of nitrogens with zero attached hydrogens (tertiary/aromatic N) is 6. The SMILES string of the molecule is CC(C)(C)[Si](C)(C)OCCN1CCC[C@H]1COc1nc2c(c(N3CCN[C@@H](CC#N)C3)n1)CCN(c1cccc3ccccc13)C2. The van der Waals surface area contributed by atoms with Crippen molar-refractivity contribution in [1.82, 2.24) is 20.2 Å². The molecule has 0 aliphatic carbocycles. The lowest BCUT2D eigenvalue weighted by Gasteiger charge is -2.37. The molecule has 0 radical (unpaired) electrons. The Balaban J connectivity index is 1.21. The van der Waals surface area contributed by atoms with Gasteiger partial charge in [0.2, 0.25) is 0 Å². The van der Waals surface area contributed by atoms with E-state index in [0.29, 0.717) is 31.6 Å². The van der Waals surface area contributed by atoms with Crippen LogP contribution in [-0.2, 0) is 17.4 Å². The Morgan fingerprint density at radius 2 is 1.87 bits per heavy atom. The average Bonchev–Trinajstić information content (AvgIpc) is 3.49. The smallest absolute Gasteiger partial charge is 0.318 e. The zero-order chi connectivity index (χ0) is 32.3. The summed E-state index contributed by atoms with van der Waals surface area (Å²) in [5.74, 6) is 0.980. The van der Waals surface area contributed by atoms with Gasteiger partial charge in [0.15, 0.2) is 8.32 Å². The first-order valence-corrected chi connectivity index (χ1v) is 20.0. The second-order valence-corrected chi connectivity index (χ2v) is 19.4. The molecule has 6 rings (SSSR count).